The van der Waals surface area contributed by atoms with Crippen LogP contribution in [0.25, 0.3) is 0 Å². The van der Waals surface area contributed by atoms with Gasteiger partial charge in [-0.15, -0.1) is 0 Å². The van der Waals surface area contributed by atoms with Gasteiger partial charge in [-0.05, 0) is 99.3 Å². The summed E-state index contributed by atoms with van der Waals surface area (Å²) in [5, 5.41) is 0. The fourth-order valence-electron chi connectivity index (χ4n) is 13.2. The van der Waals surface area contributed by atoms with Crippen LogP contribution in [-0.2, 0) is 66.3 Å². The lowest BCUT2D eigenvalue weighted by atomic mass is 9.78. The second kappa shape index (κ2) is 37.9. The zero-order valence-corrected chi connectivity index (χ0v) is 56.3. The van der Waals surface area contributed by atoms with Crippen molar-refractivity contribution in [1.29, 1.82) is 0 Å². The largest absolute Gasteiger partial charge is 0.381 e. The molecule has 9 saturated carbocycles. The summed E-state index contributed by atoms with van der Waals surface area (Å²) in [6.07, 6.45) is 23.5. The maximum absolute atomic E-state index is 5.53. The van der Waals surface area contributed by atoms with Crippen LogP contribution < -0.4 is 0 Å². The van der Waals surface area contributed by atoms with Crippen molar-refractivity contribution in [1.82, 2.24) is 0 Å². The molecule has 9 fully saturated rings. The van der Waals surface area contributed by atoms with Gasteiger partial charge in [0.25, 0.3) is 0 Å². The van der Waals surface area contributed by atoms with Crippen molar-refractivity contribution >= 4 is 0 Å². The molecular formula is C71H120O14. The van der Waals surface area contributed by atoms with E-state index in [-0.39, 0.29) is 36.6 Å². The van der Waals surface area contributed by atoms with E-state index in [4.69, 9.17) is 66.3 Å². The van der Waals surface area contributed by atoms with Crippen molar-refractivity contribution in [3.63, 3.8) is 0 Å². The molecule has 2 spiro atoms. The lowest BCUT2D eigenvalue weighted by Gasteiger charge is -2.36. The topological polar surface area (TPSA) is 129 Å². The van der Waals surface area contributed by atoms with Crippen LogP contribution in [-0.4, -0.2) is 185 Å². The number of methoxy groups -OCH3 is 14. The lowest BCUT2D eigenvalue weighted by Crippen LogP contribution is -2.37. The van der Waals surface area contributed by atoms with Crippen molar-refractivity contribution in [2.75, 3.05) is 99.5 Å². The summed E-state index contributed by atoms with van der Waals surface area (Å²) < 4.78 is 74.7. The first-order chi connectivity index (χ1) is 40.4. The van der Waals surface area contributed by atoms with E-state index < -0.39 is 0 Å². The molecule has 0 aromatic rings. The fourth-order valence-corrected chi connectivity index (χ4v) is 13.2. The molecule has 0 bridgehead atoms. The predicted octanol–water partition coefficient (Wildman–Crippen LogP) is 13.9. The first kappa shape index (κ1) is 76.3. The molecule has 0 aliphatic heterocycles. The van der Waals surface area contributed by atoms with Crippen LogP contribution in [0.2, 0.25) is 0 Å². The summed E-state index contributed by atoms with van der Waals surface area (Å²) in [5.74, 6) is 0.947. The molecule has 0 N–H and O–H groups in total. The van der Waals surface area contributed by atoms with Gasteiger partial charge in [0.15, 0.2) is 0 Å². The third kappa shape index (κ3) is 22.2. The molecule has 9 aliphatic rings. The second-order valence-corrected chi connectivity index (χ2v) is 25.0. The predicted molar refractivity (Wildman–Crippen MR) is 344 cm³/mol. The molecule has 14 heteroatoms. The van der Waals surface area contributed by atoms with Gasteiger partial charge in [0, 0.05) is 167 Å². The Morgan fingerprint density at radius 2 is 0.576 bits per heavy atom. The van der Waals surface area contributed by atoms with Crippen molar-refractivity contribution in [2.24, 2.45) is 22.7 Å². The molecular weight excluding hydrogens is 1080 g/mol. The van der Waals surface area contributed by atoms with E-state index in [1.54, 1.807) is 99.5 Å². The van der Waals surface area contributed by atoms with Gasteiger partial charge in [-0.2, -0.15) is 0 Å². The zero-order chi connectivity index (χ0) is 63.8. The van der Waals surface area contributed by atoms with Crippen molar-refractivity contribution in [3.8, 4) is 0 Å². The monoisotopic (exact) mass is 1200 g/mol. The van der Waals surface area contributed by atoms with E-state index in [0.717, 1.165) is 119 Å². The molecule has 16 unspecified atom stereocenters. The average Bonchev–Trinajstić information content (AvgIpc) is 2.05. The van der Waals surface area contributed by atoms with Gasteiger partial charge in [-0.3, -0.25) is 0 Å². The van der Waals surface area contributed by atoms with Crippen LogP contribution in [0.15, 0.2) is 109 Å². The Labute approximate surface area is 517 Å². The quantitative estimate of drug-likeness (QED) is 0.153. The summed E-state index contributed by atoms with van der Waals surface area (Å²) in [6, 6.07) is 0. The Bertz CT molecular complexity index is 1980. The smallest absolute Gasteiger partial charge is 0.0842 e. The van der Waals surface area contributed by atoms with Gasteiger partial charge in [0.1, 0.15) is 0 Å². The molecule has 0 radical (unpaired) electrons. The lowest BCUT2D eigenvalue weighted by molar-refractivity contribution is -0.0272. The van der Waals surface area contributed by atoms with Crippen molar-refractivity contribution in [2.45, 2.75) is 221 Å². The normalized spacial score (nSPS) is 34.5. The van der Waals surface area contributed by atoms with E-state index in [2.05, 4.69) is 73.1 Å². The highest BCUT2D eigenvalue weighted by molar-refractivity contribution is 5.33. The molecule has 0 aromatic carbocycles. The van der Waals surface area contributed by atoms with Crippen LogP contribution >= 0.6 is 0 Å². The minimum absolute atomic E-state index is 0.0937. The average molecular weight is 1200 g/mol. The number of hydrogen-bond donors (Lipinski definition) is 0. The maximum atomic E-state index is 5.53. The van der Waals surface area contributed by atoms with Gasteiger partial charge >= 0.3 is 0 Å². The number of rotatable bonds is 14. The molecule has 9 rings (SSSR count). The van der Waals surface area contributed by atoms with Gasteiger partial charge in [-0.1, -0.05) is 101 Å². The SMILES string of the molecule is C=C1CC(OC)CC(OC)C1.C=C1CC(OC)CC(OC)C12CC2.C=C1CC(OC)CC(OC)C12CC2.C=C1CC(OC)CC(OC)C1=C.C=C1CC(OC)CC(OC)C1=C.C=C1CC(OC)CC(OC)C1C.C=C1CC(OC)CC(OC)C1C. The van der Waals surface area contributed by atoms with E-state index in [1.165, 1.54) is 53.5 Å². The standard InChI is InChI=1S/2C11H18O2.2C10H18O2.2C10H16O2.C9H16O2/c2*1-8-6-9(12-2)7-10(13-3)11(8)4-5-11;4*1-7-5-9(11-3)6-10(12-4)8(7)2;1-7-4-8(10-2)6-9(5-7)11-3/h2*9-10H,1,4-7H2,2-3H3;2*8-10H,1,5-6H2,2-4H3;2*9-10H,1-2,5-6H2,3-4H3;8-9H,1,4-6H2,2-3H3. The number of ether oxygens (including phenoxy) is 14. The highest BCUT2D eigenvalue weighted by Crippen LogP contribution is 2.61. The second-order valence-electron chi connectivity index (χ2n) is 25.0. The van der Waals surface area contributed by atoms with Crippen LogP contribution in [0.4, 0.5) is 0 Å². The molecule has 0 amide bonds. The van der Waals surface area contributed by atoms with Crippen LogP contribution in [0.3, 0.4) is 0 Å². The zero-order valence-electron chi connectivity index (χ0n) is 56.3. The molecule has 0 saturated heterocycles. The first-order valence-corrected chi connectivity index (χ1v) is 31.0. The molecule has 488 valence electrons. The Hall–Kier alpha value is -2.90. The van der Waals surface area contributed by atoms with Crippen molar-refractivity contribution < 1.29 is 66.3 Å². The molecule has 9 aliphatic carbocycles. The van der Waals surface area contributed by atoms with Gasteiger partial charge in [0.05, 0.1) is 85.5 Å². The van der Waals surface area contributed by atoms with Crippen LogP contribution in [0.5, 0.6) is 0 Å². The molecule has 0 aromatic heterocycles. The third-order valence-electron chi connectivity index (χ3n) is 20.1. The fraction of sp³-hybridized carbons (Fsp3) is 0.746. The Morgan fingerprint density at radius 1 is 0.294 bits per heavy atom. The molecule has 85 heavy (non-hydrogen) atoms. The minimum Gasteiger partial charge on any atom is -0.381 e. The van der Waals surface area contributed by atoms with Crippen molar-refractivity contribution in [3.05, 3.63) is 109 Å². The summed E-state index contributed by atoms with van der Waals surface area (Å²) in [6.45, 7) is 40.4. The van der Waals surface area contributed by atoms with E-state index >= 15 is 0 Å². The summed E-state index contributed by atoms with van der Waals surface area (Å²) >= 11 is 0. The van der Waals surface area contributed by atoms with Crippen LogP contribution in [0.1, 0.15) is 136 Å². The highest BCUT2D eigenvalue weighted by Gasteiger charge is 2.56. The van der Waals surface area contributed by atoms with Crippen LogP contribution in [0, 0.1) is 22.7 Å². The first-order valence-electron chi connectivity index (χ1n) is 31.0. The van der Waals surface area contributed by atoms with Gasteiger partial charge in [-0.25, -0.2) is 0 Å². The van der Waals surface area contributed by atoms with E-state index in [0.29, 0.717) is 71.5 Å². The molecule has 0 heterocycles. The molecule has 16 atom stereocenters. The Morgan fingerprint density at radius 3 is 0.835 bits per heavy atom. The van der Waals surface area contributed by atoms with Gasteiger partial charge < -0.3 is 66.3 Å². The molecule has 14 nitrogen and oxygen atoms in total. The van der Waals surface area contributed by atoms with E-state index in [1.807, 2.05) is 0 Å². The Balaban J connectivity index is 0.000000260. The van der Waals surface area contributed by atoms with Gasteiger partial charge in [0.2, 0.25) is 0 Å². The third-order valence-corrected chi connectivity index (χ3v) is 20.1. The summed E-state index contributed by atoms with van der Waals surface area (Å²) in [5.41, 5.74) is 11.3. The summed E-state index contributed by atoms with van der Waals surface area (Å²) in [7, 11) is 24.5. The van der Waals surface area contributed by atoms with E-state index in [9.17, 15) is 0 Å². The summed E-state index contributed by atoms with van der Waals surface area (Å²) in [4.78, 5) is 0. The minimum atomic E-state index is 0.0937. The Kier molecular flexibility index (Phi) is 34.1. The maximum Gasteiger partial charge on any atom is 0.0842 e. The number of hydrogen-bond acceptors (Lipinski definition) is 14. The highest BCUT2D eigenvalue weighted by atomic mass is 16.5.